The molecule has 0 saturated carbocycles. The van der Waals surface area contributed by atoms with Crippen LogP contribution < -0.4 is 0 Å². The third-order valence-electron chi connectivity index (χ3n) is 6.13. The lowest BCUT2D eigenvalue weighted by molar-refractivity contribution is -0.134. The van der Waals surface area contributed by atoms with Gasteiger partial charge in [-0.25, -0.2) is 0 Å². The van der Waals surface area contributed by atoms with Crippen LogP contribution in [-0.4, -0.2) is 41.9 Å². The van der Waals surface area contributed by atoms with Crippen molar-refractivity contribution in [3.63, 3.8) is 0 Å². The number of carbonyl (C=O) groups is 1. The standard InChI is InChI=1S/C27H30N2O/c1-2-25(22-12-6-3-7-13-22)27(30)29-20-18-28(19-21-29)26(23-14-8-4-9-15-23)24-16-10-5-11-17-24/h3-17,25-26H,2,18-21H2,1H3. The van der Waals surface area contributed by atoms with Gasteiger partial charge in [-0.15, -0.1) is 0 Å². The number of hydrogen-bond acceptors (Lipinski definition) is 2. The number of carbonyl (C=O) groups excluding carboxylic acids is 1. The van der Waals surface area contributed by atoms with Gasteiger partial charge in [0.25, 0.3) is 0 Å². The van der Waals surface area contributed by atoms with Gasteiger partial charge in [-0.1, -0.05) is 97.9 Å². The van der Waals surface area contributed by atoms with Crippen LogP contribution in [0.2, 0.25) is 0 Å². The molecule has 3 aromatic carbocycles. The van der Waals surface area contributed by atoms with Gasteiger partial charge >= 0.3 is 0 Å². The summed E-state index contributed by atoms with van der Waals surface area (Å²) in [6.07, 6.45) is 0.833. The van der Waals surface area contributed by atoms with Gasteiger partial charge in [-0.3, -0.25) is 9.69 Å². The van der Waals surface area contributed by atoms with E-state index in [2.05, 4.69) is 89.5 Å². The first kappa shape index (κ1) is 20.4. The number of amides is 1. The van der Waals surface area contributed by atoms with Crippen LogP contribution in [0.4, 0.5) is 0 Å². The molecule has 0 aliphatic carbocycles. The molecule has 1 fully saturated rings. The zero-order valence-corrected chi connectivity index (χ0v) is 17.7. The molecule has 154 valence electrons. The highest BCUT2D eigenvalue weighted by Crippen LogP contribution is 2.30. The molecule has 0 bridgehead atoms. The third-order valence-corrected chi connectivity index (χ3v) is 6.13. The fraction of sp³-hybridized carbons (Fsp3) is 0.296. The molecule has 1 saturated heterocycles. The first-order valence-corrected chi connectivity index (χ1v) is 11.0. The summed E-state index contributed by atoms with van der Waals surface area (Å²) in [4.78, 5) is 17.8. The van der Waals surface area contributed by atoms with Crippen LogP contribution in [0.1, 0.15) is 42.0 Å². The first-order chi connectivity index (χ1) is 14.8. The molecule has 0 spiro atoms. The SMILES string of the molecule is CCC(C(=O)N1CCN(C(c2ccccc2)c2ccccc2)CC1)c1ccccc1. The van der Waals surface area contributed by atoms with Gasteiger partial charge in [0.1, 0.15) is 0 Å². The van der Waals surface area contributed by atoms with Gasteiger partial charge in [0.05, 0.1) is 12.0 Å². The molecule has 3 heteroatoms. The van der Waals surface area contributed by atoms with E-state index in [1.54, 1.807) is 0 Å². The minimum Gasteiger partial charge on any atom is -0.340 e. The summed E-state index contributed by atoms with van der Waals surface area (Å²) in [6, 6.07) is 31.8. The van der Waals surface area contributed by atoms with Crippen LogP contribution in [0.25, 0.3) is 0 Å². The third kappa shape index (κ3) is 4.47. The van der Waals surface area contributed by atoms with Gasteiger partial charge in [-0.05, 0) is 23.1 Å². The summed E-state index contributed by atoms with van der Waals surface area (Å²) in [7, 11) is 0. The van der Waals surface area contributed by atoms with Crippen molar-refractivity contribution in [1.82, 2.24) is 9.80 Å². The van der Waals surface area contributed by atoms with E-state index in [1.807, 2.05) is 18.2 Å². The maximum absolute atomic E-state index is 13.3. The quantitative estimate of drug-likeness (QED) is 0.576. The molecule has 1 atom stereocenters. The second-order valence-electron chi connectivity index (χ2n) is 7.96. The van der Waals surface area contributed by atoms with Crippen molar-refractivity contribution in [2.75, 3.05) is 26.2 Å². The number of nitrogens with zero attached hydrogens (tertiary/aromatic N) is 2. The lowest BCUT2D eigenvalue weighted by Crippen LogP contribution is -2.51. The molecule has 0 N–H and O–H groups in total. The van der Waals surface area contributed by atoms with Gasteiger partial charge in [0, 0.05) is 26.2 Å². The predicted molar refractivity (Wildman–Crippen MR) is 122 cm³/mol. The van der Waals surface area contributed by atoms with E-state index >= 15 is 0 Å². The Hall–Kier alpha value is -2.91. The minimum atomic E-state index is -0.0446. The molecule has 1 unspecified atom stereocenters. The van der Waals surface area contributed by atoms with Crippen LogP contribution in [-0.2, 0) is 4.79 Å². The molecule has 4 rings (SSSR count). The summed E-state index contributed by atoms with van der Waals surface area (Å²) in [6.45, 7) is 5.42. The monoisotopic (exact) mass is 398 g/mol. The van der Waals surface area contributed by atoms with Crippen molar-refractivity contribution < 1.29 is 4.79 Å². The van der Waals surface area contributed by atoms with E-state index in [0.717, 1.165) is 38.2 Å². The summed E-state index contributed by atoms with van der Waals surface area (Å²) in [5.74, 6) is 0.219. The Balaban J connectivity index is 1.49. The summed E-state index contributed by atoms with van der Waals surface area (Å²) in [5.41, 5.74) is 3.73. The molecule has 3 nitrogen and oxygen atoms in total. The van der Waals surface area contributed by atoms with Crippen molar-refractivity contribution in [2.24, 2.45) is 0 Å². The second kappa shape index (κ2) is 9.73. The Morgan fingerprint density at radius 3 is 1.57 bits per heavy atom. The summed E-state index contributed by atoms with van der Waals surface area (Å²) in [5, 5.41) is 0. The molecule has 1 aliphatic rings. The van der Waals surface area contributed by atoms with Crippen molar-refractivity contribution in [3.8, 4) is 0 Å². The number of piperazine rings is 1. The summed E-state index contributed by atoms with van der Waals surface area (Å²) >= 11 is 0. The van der Waals surface area contributed by atoms with E-state index in [9.17, 15) is 4.79 Å². The van der Waals surface area contributed by atoms with Gasteiger partial charge < -0.3 is 4.90 Å². The van der Waals surface area contributed by atoms with Crippen LogP contribution in [0.3, 0.4) is 0 Å². The van der Waals surface area contributed by atoms with Crippen LogP contribution >= 0.6 is 0 Å². The first-order valence-electron chi connectivity index (χ1n) is 11.0. The Morgan fingerprint density at radius 2 is 1.13 bits per heavy atom. The molecule has 30 heavy (non-hydrogen) atoms. The maximum Gasteiger partial charge on any atom is 0.230 e. The molecule has 0 radical (unpaired) electrons. The number of hydrogen-bond donors (Lipinski definition) is 0. The molecule has 1 heterocycles. The normalized spacial score (nSPS) is 15.9. The van der Waals surface area contributed by atoms with Crippen molar-refractivity contribution in [1.29, 1.82) is 0 Å². The highest BCUT2D eigenvalue weighted by molar-refractivity contribution is 5.83. The van der Waals surface area contributed by atoms with Crippen molar-refractivity contribution >= 4 is 5.91 Å². The average Bonchev–Trinajstić information content (AvgIpc) is 2.82. The van der Waals surface area contributed by atoms with E-state index < -0.39 is 0 Å². The van der Waals surface area contributed by atoms with Gasteiger partial charge in [-0.2, -0.15) is 0 Å². The van der Waals surface area contributed by atoms with E-state index in [-0.39, 0.29) is 17.9 Å². The fourth-order valence-electron chi connectivity index (χ4n) is 4.54. The van der Waals surface area contributed by atoms with E-state index in [1.165, 1.54) is 11.1 Å². The zero-order valence-electron chi connectivity index (χ0n) is 17.7. The van der Waals surface area contributed by atoms with E-state index in [4.69, 9.17) is 0 Å². The highest BCUT2D eigenvalue weighted by Gasteiger charge is 2.30. The van der Waals surface area contributed by atoms with E-state index in [0.29, 0.717) is 0 Å². The van der Waals surface area contributed by atoms with Crippen LogP contribution in [0.15, 0.2) is 91.0 Å². The second-order valence-corrected chi connectivity index (χ2v) is 7.96. The lowest BCUT2D eigenvalue weighted by atomic mass is 9.94. The van der Waals surface area contributed by atoms with Crippen molar-refractivity contribution in [3.05, 3.63) is 108 Å². The van der Waals surface area contributed by atoms with Gasteiger partial charge in [0.2, 0.25) is 5.91 Å². The topological polar surface area (TPSA) is 23.6 Å². The molecule has 1 amide bonds. The average molecular weight is 399 g/mol. The number of benzene rings is 3. The Labute approximate surface area is 180 Å². The molecular weight excluding hydrogens is 368 g/mol. The zero-order chi connectivity index (χ0) is 20.8. The van der Waals surface area contributed by atoms with Crippen LogP contribution in [0.5, 0.6) is 0 Å². The largest absolute Gasteiger partial charge is 0.340 e. The Kier molecular flexibility index (Phi) is 6.60. The molecular formula is C27H30N2O. The van der Waals surface area contributed by atoms with Gasteiger partial charge in [0.15, 0.2) is 0 Å². The Morgan fingerprint density at radius 1 is 0.700 bits per heavy atom. The lowest BCUT2D eigenvalue weighted by Gasteiger charge is -2.40. The number of rotatable bonds is 6. The predicted octanol–water partition coefficient (Wildman–Crippen LogP) is 5.11. The van der Waals surface area contributed by atoms with Crippen molar-refractivity contribution in [2.45, 2.75) is 25.3 Å². The minimum absolute atomic E-state index is 0.0446. The van der Waals surface area contributed by atoms with Crippen LogP contribution in [0, 0.1) is 0 Å². The summed E-state index contributed by atoms with van der Waals surface area (Å²) < 4.78 is 0. The fourth-order valence-corrected chi connectivity index (χ4v) is 4.54. The highest BCUT2D eigenvalue weighted by atomic mass is 16.2. The smallest absolute Gasteiger partial charge is 0.230 e. The molecule has 0 aromatic heterocycles. The molecule has 3 aromatic rings. The molecule has 1 aliphatic heterocycles. The maximum atomic E-state index is 13.3. The Bertz CT molecular complexity index is 879.